The molecule has 0 aromatic heterocycles. The van der Waals surface area contributed by atoms with Gasteiger partial charge in [-0.2, -0.15) is 0 Å². The van der Waals surface area contributed by atoms with E-state index in [1.54, 1.807) is 0 Å². The molecule has 0 heterocycles. The molecule has 0 atom stereocenters. The zero-order chi connectivity index (χ0) is 11.8. The molecule has 0 aliphatic heterocycles. The predicted molar refractivity (Wildman–Crippen MR) is 59.1 cm³/mol. The largest absolute Gasteiger partial charge is 0.400 e. The van der Waals surface area contributed by atoms with Crippen LogP contribution in [0.25, 0.3) is 0 Å². The van der Waals surface area contributed by atoms with Gasteiger partial charge in [-0.25, -0.2) is 9.78 Å². The molecule has 0 fully saturated rings. The number of hydrogen-bond acceptors (Lipinski definition) is 3. The minimum absolute atomic E-state index is 0.174. The average molecular weight is 206 g/mol. The molecule has 0 spiro atoms. The molecule has 88 valence electrons. The Hall–Kier alpha value is -0.120. The van der Waals surface area contributed by atoms with Crippen LogP contribution in [-0.2, 0) is 9.78 Å². The van der Waals surface area contributed by atoms with E-state index in [2.05, 4.69) is 13.8 Å². The molecule has 3 nitrogen and oxygen atoms in total. The van der Waals surface area contributed by atoms with Crippen molar-refractivity contribution in [3.63, 3.8) is 0 Å². The summed E-state index contributed by atoms with van der Waals surface area (Å²) in [5.74, 6) is 0. The van der Waals surface area contributed by atoms with Crippen LogP contribution in [0.5, 0.6) is 0 Å². The van der Waals surface area contributed by atoms with E-state index in [1.807, 2.05) is 27.7 Å². The molecule has 1 N–H and O–H groups in total. The number of aliphatic hydroxyl groups is 1. The second-order valence-electron chi connectivity index (χ2n) is 4.39. The van der Waals surface area contributed by atoms with Crippen LogP contribution in [0.2, 0.25) is 0 Å². The van der Waals surface area contributed by atoms with Gasteiger partial charge in [0.25, 0.3) is 0 Å². The lowest BCUT2D eigenvalue weighted by Gasteiger charge is -2.29. The average Bonchev–Trinajstić information content (AvgIpc) is 2.19. The van der Waals surface area contributed by atoms with E-state index < -0.39 is 0 Å². The minimum atomic E-state index is -0.174. The standard InChI is InChI=1S/C10H22O2.CH4O/c1-7-9(3,4)11-12-10(5,6)8-2;1-2/h7-8H2,1-6H3;2H,1H3. The molecular formula is C11H26O3. The van der Waals surface area contributed by atoms with Crippen molar-refractivity contribution in [3.8, 4) is 0 Å². The summed E-state index contributed by atoms with van der Waals surface area (Å²) in [5.41, 5.74) is -0.348. The highest BCUT2D eigenvalue weighted by atomic mass is 17.2. The van der Waals surface area contributed by atoms with Crippen molar-refractivity contribution in [3.05, 3.63) is 0 Å². The molecule has 14 heavy (non-hydrogen) atoms. The highest BCUT2D eigenvalue weighted by Crippen LogP contribution is 2.20. The molecule has 0 aromatic carbocycles. The number of hydrogen-bond donors (Lipinski definition) is 1. The van der Waals surface area contributed by atoms with Gasteiger partial charge in [0, 0.05) is 7.11 Å². The van der Waals surface area contributed by atoms with Gasteiger partial charge in [0.15, 0.2) is 0 Å². The molecule has 0 rings (SSSR count). The first-order valence-corrected chi connectivity index (χ1v) is 5.14. The lowest BCUT2D eigenvalue weighted by Crippen LogP contribution is -2.31. The van der Waals surface area contributed by atoms with E-state index in [0.717, 1.165) is 20.0 Å². The Morgan fingerprint density at radius 1 is 0.786 bits per heavy atom. The normalized spacial score (nSPS) is 12.0. The smallest absolute Gasteiger partial charge is 0.0977 e. The summed E-state index contributed by atoms with van der Waals surface area (Å²) in [6.45, 7) is 12.3. The van der Waals surface area contributed by atoms with Gasteiger partial charge in [0.1, 0.15) is 0 Å². The van der Waals surface area contributed by atoms with Gasteiger partial charge in [0.2, 0.25) is 0 Å². The van der Waals surface area contributed by atoms with Crippen LogP contribution in [-0.4, -0.2) is 23.4 Å². The van der Waals surface area contributed by atoms with Crippen molar-refractivity contribution in [2.24, 2.45) is 0 Å². The maximum absolute atomic E-state index is 7.00. The zero-order valence-corrected chi connectivity index (χ0v) is 10.7. The Balaban J connectivity index is 0. The molecule has 0 unspecified atom stereocenters. The maximum atomic E-state index is 7.00. The van der Waals surface area contributed by atoms with Crippen molar-refractivity contribution in [2.75, 3.05) is 7.11 Å². The second-order valence-corrected chi connectivity index (χ2v) is 4.39. The van der Waals surface area contributed by atoms with Crippen molar-refractivity contribution in [1.29, 1.82) is 0 Å². The summed E-state index contributed by atoms with van der Waals surface area (Å²) in [5, 5.41) is 7.00. The third-order valence-electron chi connectivity index (χ3n) is 2.20. The summed E-state index contributed by atoms with van der Waals surface area (Å²) in [6, 6.07) is 0. The maximum Gasteiger partial charge on any atom is 0.0977 e. The predicted octanol–water partition coefficient (Wildman–Crippen LogP) is 2.92. The summed E-state index contributed by atoms with van der Waals surface area (Å²) < 4.78 is 0. The van der Waals surface area contributed by atoms with Crippen LogP contribution in [0.1, 0.15) is 54.4 Å². The van der Waals surface area contributed by atoms with Gasteiger partial charge >= 0.3 is 0 Å². The molecule has 0 aliphatic carbocycles. The lowest BCUT2D eigenvalue weighted by atomic mass is 10.1. The van der Waals surface area contributed by atoms with Gasteiger partial charge in [-0.1, -0.05) is 13.8 Å². The molecule has 0 aromatic rings. The third kappa shape index (κ3) is 8.48. The van der Waals surface area contributed by atoms with E-state index >= 15 is 0 Å². The summed E-state index contributed by atoms with van der Waals surface area (Å²) >= 11 is 0. The Morgan fingerprint density at radius 3 is 1.14 bits per heavy atom. The Bertz CT molecular complexity index is 114. The monoisotopic (exact) mass is 206 g/mol. The van der Waals surface area contributed by atoms with E-state index in [-0.39, 0.29) is 11.2 Å². The fourth-order valence-corrected chi connectivity index (χ4v) is 0.343. The van der Waals surface area contributed by atoms with Crippen LogP contribution in [0.15, 0.2) is 0 Å². The summed E-state index contributed by atoms with van der Waals surface area (Å²) in [7, 11) is 1.00. The van der Waals surface area contributed by atoms with E-state index in [0.29, 0.717) is 0 Å². The minimum Gasteiger partial charge on any atom is -0.400 e. The van der Waals surface area contributed by atoms with E-state index in [1.165, 1.54) is 0 Å². The number of rotatable bonds is 5. The summed E-state index contributed by atoms with van der Waals surface area (Å²) in [4.78, 5) is 10.7. The van der Waals surface area contributed by atoms with Gasteiger partial charge in [-0.15, -0.1) is 0 Å². The van der Waals surface area contributed by atoms with Crippen LogP contribution in [0.3, 0.4) is 0 Å². The van der Waals surface area contributed by atoms with Crippen LogP contribution in [0, 0.1) is 0 Å². The highest BCUT2D eigenvalue weighted by Gasteiger charge is 2.23. The highest BCUT2D eigenvalue weighted by molar-refractivity contribution is 4.66. The fourth-order valence-electron chi connectivity index (χ4n) is 0.343. The third-order valence-corrected chi connectivity index (χ3v) is 2.20. The summed E-state index contributed by atoms with van der Waals surface area (Å²) in [6.07, 6.45) is 1.90. The van der Waals surface area contributed by atoms with Crippen molar-refractivity contribution >= 4 is 0 Å². The molecule has 3 heteroatoms. The molecule has 0 radical (unpaired) electrons. The van der Waals surface area contributed by atoms with Crippen LogP contribution < -0.4 is 0 Å². The first kappa shape index (κ1) is 16.3. The Kier molecular flexibility index (Phi) is 8.40. The van der Waals surface area contributed by atoms with Crippen molar-refractivity contribution < 1.29 is 14.9 Å². The molecule has 0 aliphatic rings. The van der Waals surface area contributed by atoms with Crippen LogP contribution in [0.4, 0.5) is 0 Å². The molecule has 0 saturated carbocycles. The first-order chi connectivity index (χ1) is 6.33. The lowest BCUT2D eigenvalue weighted by molar-refractivity contribution is -0.401. The van der Waals surface area contributed by atoms with Crippen LogP contribution >= 0.6 is 0 Å². The van der Waals surface area contributed by atoms with Gasteiger partial charge in [-0.05, 0) is 40.5 Å². The zero-order valence-electron chi connectivity index (χ0n) is 10.7. The first-order valence-electron chi connectivity index (χ1n) is 5.14. The Morgan fingerprint density at radius 2 is 1.00 bits per heavy atom. The van der Waals surface area contributed by atoms with E-state index in [9.17, 15) is 0 Å². The molecule has 0 bridgehead atoms. The van der Waals surface area contributed by atoms with Crippen molar-refractivity contribution in [2.45, 2.75) is 65.6 Å². The van der Waals surface area contributed by atoms with Gasteiger partial charge < -0.3 is 5.11 Å². The molecule has 0 amide bonds. The second kappa shape index (κ2) is 7.21. The van der Waals surface area contributed by atoms with Crippen molar-refractivity contribution in [1.82, 2.24) is 0 Å². The van der Waals surface area contributed by atoms with E-state index in [4.69, 9.17) is 14.9 Å². The fraction of sp³-hybridized carbons (Fsp3) is 1.00. The van der Waals surface area contributed by atoms with Gasteiger partial charge in [0.05, 0.1) is 11.2 Å². The Labute approximate surface area is 88.3 Å². The van der Waals surface area contributed by atoms with Gasteiger partial charge in [-0.3, -0.25) is 0 Å². The molecular weight excluding hydrogens is 180 g/mol. The molecule has 0 saturated heterocycles. The number of aliphatic hydroxyl groups excluding tert-OH is 1. The SMILES string of the molecule is CCC(C)(C)OOC(C)(C)CC.CO. The quantitative estimate of drug-likeness (QED) is 0.555. The topological polar surface area (TPSA) is 38.7 Å².